The standard InChI is InChI=1S/C20H24N4O3/c1-13-11-24(12-14(2)27-13)19-9-4-16(10-21-19)20(26)23-18-7-5-17(6-8-18)22-15(3)25/h4-10,13-14H,11-12H2,1-3H3,(H,22,25)(H,23,26). The molecule has 1 saturated heterocycles. The van der Waals surface area contributed by atoms with Crippen molar-refractivity contribution in [2.45, 2.75) is 33.0 Å². The first-order valence-electron chi connectivity index (χ1n) is 8.96. The van der Waals surface area contributed by atoms with Crippen LogP contribution in [-0.2, 0) is 9.53 Å². The van der Waals surface area contributed by atoms with E-state index in [9.17, 15) is 9.59 Å². The average Bonchev–Trinajstić information content (AvgIpc) is 2.62. The van der Waals surface area contributed by atoms with Crippen LogP contribution in [0.25, 0.3) is 0 Å². The number of carbonyl (C=O) groups excluding carboxylic acids is 2. The van der Waals surface area contributed by atoms with E-state index in [4.69, 9.17) is 4.74 Å². The van der Waals surface area contributed by atoms with Crippen molar-refractivity contribution < 1.29 is 14.3 Å². The minimum Gasteiger partial charge on any atom is -0.372 e. The Morgan fingerprint density at radius 2 is 1.59 bits per heavy atom. The van der Waals surface area contributed by atoms with Gasteiger partial charge in [-0.1, -0.05) is 0 Å². The summed E-state index contributed by atoms with van der Waals surface area (Å²) in [6.07, 6.45) is 1.89. The van der Waals surface area contributed by atoms with Crippen LogP contribution in [0.1, 0.15) is 31.1 Å². The molecule has 1 aliphatic heterocycles. The molecular weight excluding hydrogens is 344 g/mol. The first-order chi connectivity index (χ1) is 12.9. The predicted octanol–water partition coefficient (Wildman–Crippen LogP) is 2.91. The fraction of sp³-hybridized carbons (Fsp3) is 0.350. The van der Waals surface area contributed by atoms with Gasteiger partial charge in [0.15, 0.2) is 0 Å². The number of hydrogen-bond donors (Lipinski definition) is 2. The van der Waals surface area contributed by atoms with Crippen LogP contribution in [0, 0.1) is 0 Å². The van der Waals surface area contributed by atoms with E-state index < -0.39 is 0 Å². The van der Waals surface area contributed by atoms with Gasteiger partial charge in [0, 0.05) is 37.6 Å². The van der Waals surface area contributed by atoms with Crippen LogP contribution in [0.2, 0.25) is 0 Å². The molecule has 0 aliphatic carbocycles. The van der Waals surface area contributed by atoms with Crippen LogP contribution in [0.15, 0.2) is 42.6 Å². The van der Waals surface area contributed by atoms with Gasteiger partial charge in [0.2, 0.25) is 5.91 Å². The van der Waals surface area contributed by atoms with E-state index in [-0.39, 0.29) is 24.0 Å². The SMILES string of the molecule is CC(=O)Nc1ccc(NC(=O)c2ccc(N3CC(C)OC(C)C3)nc2)cc1. The summed E-state index contributed by atoms with van der Waals surface area (Å²) in [5.74, 6) is 0.472. The third kappa shape index (κ3) is 5.04. The van der Waals surface area contributed by atoms with E-state index >= 15 is 0 Å². The lowest BCUT2D eigenvalue weighted by molar-refractivity contribution is -0.114. The maximum Gasteiger partial charge on any atom is 0.257 e. The van der Waals surface area contributed by atoms with Gasteiger partial charge in [-0.15, -0.1) is 0 Å². The van der Waals surface area contributed by atoms with Gasteiger partial charge in [-0.3, -0.25) is 9.59 Å². The van der Waals surface area contributed by atoms with Crippen LogP contribution in [0.5, 0.6) is 0 Å². The number of nitrogens with zero attached hydrogens (tertiary/aromatic N) is 2. The zero-order valence-electron chi connectivity index (χ0n) is 15.7. The molecule has 2 unspecified atom stereocenters. The fourth-order valence-electron chi connectivity index (χ4n) is 3.12. The normalized spacial score (nSPS) is 19.4. The third-order valence-electron chi connectivity index (χ3n) is 4.22. The van der Waals surface area contributed by atoms with Crippen molar-refractivity contribution in [1.29, 1.82) is 0 Å². The number of nitrogens with one attached hydrogen (secondary N) is 2. The highest BCUT2D eigenvalue weighted by atomic mass is 16.5. The largest absolute Gasteiger partial charge is 0.372 e. The van der Waals surface area contributed by atoms with Gasteiger partial charge in [0.25, 0.3) is 5.91 Å². The summed E-state index contributed by atoms with van der Waals surface area (Å²) in [4.78, 5) is 30.1. The molecule has 0 saturated carbocycles. The summed E-state index contributed by atoms with van der Waals surface area (Å²) in [5, 5.41) is 5.51. The summed E-state index contributed by atoms with van der Waals surface area (Å²) in [7, 11) is 0. The number of anilines is 3. The first-order valence-corrected chi connectivity index (χ1v) is 8.96. The van der Waals surface area contributed by atoms with Gasteiger partial charge >= 0.3 is 0 Å². The highest BCUT2D eigenvalue weighted by molar-refractivity contribution is 6.04. The molecule has 0 radical (unpaired) electrons. The molecule has 27 heavy (non-hydrogen) atoms. The van der Waals surface area contributed by atoms with Crippen LogP contribution in [-0.4, -0.2) is 42.1 Å². The lowest BCUT2D eigenvalue weighted by atomic mass is 10.2. The Bertz CT molecular complexity index is 795. The van der Waals surface area contributed by atoms with Crippen molar-refractivity contribution >= 4 is 29.0 Å². The molecule has 2 heterocycles. The number of ether oxygens (including phenoxy) is 1. The van der Waals surface area contributed by atoms with Gasteiger partial charge in [-0.2, -0.15) is 0 Å². The average molecular weight is 368 g/mol. The minimum atomic E-state index is -0.231. The fourth-order valence-corrected chi connectivity index (χ4v) is 3.12. The minimum absolute atomic E-state index is 0.137. The van der Waals surface area contributed by atoms with Crippen molar-refractivity contribution in [2.75, 3.05) is 28.6 Å². The lowest BCUT2D eigenvalue weighted by Crippen LogP contribution is -2.45. The van der Waals surface area contributed by atoms with Crippen LogP contribution < -0.4 is 15.5 Å². The Hall–Kier alpha value is -2.93. The molecule has 2 N–H and O–H groups in total. The highest BCUT2D eigenvalue weighted by Crippen LogP contribution is 2.19. The Morgan fingerprint density at radius 1 is 1.00 bits per heavy atom. The third-order valence-corrected chi connectivity index (χ3v) is 4.22. The summed E-state index contributed by atoms with van der Waals surface area (Å²) in [6, 6.07) is 10.6. The van der Waals surface area contributed by atoms with E-state index in [0.717, 1.165) is 18.9 Å². The maximum absolute atomic E-state index is 12.4. The number of morpholine rings is 1. The van der Waals surface area contributed by atoms with E-state index in [1.54, 1.807) is 36.5 Å². The Balaban J connectivity index is 1.63. The smallest absolute Gasteiger partial charge is 0.257 e. The van der Waals surface area contributed by atoms with Gasteiger partial charge in [0.05, 0.1) is 17.8 Å². The molecule has 2 aromatic rings. The number of aromatic nitrogens is 1. The van der Waals surface area contributed by atoms with Crippen molar-refractivity contribution in [2.24, 2.45) is 0 Å². The molecule has 7 heteroatoms. The summed E-state index contributed by atoms with van der Waals surface area (Å²) in [5.41, 5.74) is 1.81. The van der Waals surface area contributed by atoms with Gasteiger partial charge in [0.1, 0.15) is 5.82 Å². The Kier molecular flexibility index (Phi) is 5.71. The number of carbonyl (C=O) groups is 2. The molecule has 2 atom stereocenters. The Morgan fingerprint density at radius 3 is 2.11 bits per heavy atom. The molecule has 3 rings (SSSR count). The molecular formula is C20H24N4O3. The molecule has 1 aromatic heterocycles. The molecule has 1 fully saturated rings. The summed E-state index contributed by atoms with van der Waals surface area (Å²) < 4.78 is 5.74. The quantitative estimate of drug-likeness (QED) is 0.867. The molecule has 142 valence electrons. The molecule has 2 amide bonds. The maximum atomic E-state index is 12.4. The number of benzene rings is 1. The molecule has 7 nitrogen and oxygen atoms in total. The second-order valence-electron chi connectivity index (χ2n) is 6.78. The highest BCUT2D eigenvalue weighted by Gasteiger charge is 2.23. The van der Waals surface area contributed by atoms with Crippen molar-refractivity contribution in [3.63, 3.8) is 0 Å². The second kappa shape index (κ2) is 8.18. The summed E-state index contributed by atoms with van der Waals surface area (Å²) in [6.45, 7) is 7.10. The van der Waals surface area contributed by atoms with E-state index in [2.05, 4.69) is 20.5 Å². The van der Waals surface area contributed by atoms with Gasteiger partial charge in [-0.25, -0.2) is 4.98 Å². The second-order valence-corrected chi connectivity index (χ2v) is 6.78. The topological polar surface area (TPSA) is 83.6 Å². The molecule has 1 aromatic carbocycles. The van der Waals surface area contributed by atoms with Gasteiger partial charge < -0.3 is 20.3 Å². The van der Waals surface area contributed by atoms with Crippen molar-refractivity contribution in [3.8, 4) is 0 Å². The lowest BCUT2D eigenvalue weighted by Gasteiger charge is -2.36. The molecule has 1 aliphatic rings. The van der Waals surface area contributed by atoms with E-state index in [1.807, 2.05) is 19.9 Å². The Labute approximate surface area is 158 Å². The number of pyridine rings is 1. The van der Waals surface area contributed by atoms with Gasteiger partial charge in [-0.05, 0) is 50.2 Å². The predicted molar refractivity (Wildman–Crippen MR) is 105 cm³/mol. The molecule has 0 bridgehead atoms. The number of hydrogen-bond acceptors (Lipinski definition) is 5. The van der Waals surface area contributed by atoms with Crippen LogP contribution >= 0.6 is 0 Å². The first kappa shape index (κ1) is 18.8. The van der Waals surface area contributed by atoms with Crippen LogP contribution in [0.4, 0.5) is 17.2 Å². The number of rotatable bonds is 4. The zero-order chi connectivity index (χ0) is 19.4. The van der Waals surface area contributed by atoms with Crippen LogP contribution in [0.3, 0.4) is 0 Å². The van der Waals surface area contributed by atoms with E-state index in [0.29, 0.717) is 16.9 Å². The van der Waals surface area contributed by atoms with Crippen molar-refractivity contribution in [3.05, 3.63) is 48.2 Å². The van der Waals surface area contributed by atoms with E-state index in [1.165, 1.54) is 6.92 Å². The zero-order valence-corrected chi connectivity index (χ0v) is 15.7. The van der Waals surface area contributed by atoms with Crippen molar-refractivity contribution in [1.82, 2.24) is 4.98 Å². The summed E-state index contributed by atoms with van der Waals surface area (Å²) >= 11 is 0. The molecule has 0 spiro atoms. The monoisotopic (exact) mass is 368 g/mol. The number of amides is 2.